The molecule has 2 saturated heterocycles. The molecule has 2 aliphatic heterocycles. The van der Waals surface area contributed by atoms with Gasteiger partial charge in [-0.3, -0.25) is 9.69 Å². The fourth-order valence-corrected chi connectivity index (χ4v) is 3.78. The van der Waals surface area contributed by atoms with Gasteiger partial charge in [0.25, 0.3) is 5.91 Å². The molecule has 3 heterocycles. The molecule has 2 aliphatic rings. The Balaban J connectivity index is 1.75. The SMILES string of the molecule is CC(C)N1CCOCC2(CCCN(C(=O)c3cn(C)cn3)C2)C1. The number of ether oxygens (including phenoxy) is 1. The highest BCUT2D eigenvalue weighted by Gasteiger charge is 2.41. The van der Waals surface area contributed by atoms with Crippen molar-refractivity contribution in [2.24, 2.45) is 12.5 Å². The normalized spacial score (nSPS) is 26.7. The number of nitrogens with zero attached hydrogens (tertiary/aromatic N) is 4. The van der Waals surface area contributed by atoms with E-state index in [1.54, 1.807) is 12.5 Å². The number of rotatable bonds is 2. The molecule has 1 unspecified atom stereocenters. The molecule has 0 saturated carbocycles. The molecule has 1 aromatic rings. The monoisotopic (exact) mass is 320 g/mol. The zero-order valence-corrected chi connectivity index (χ0v) is 14.5. The Morgan fingerprint density at radius 1 is 1.35 bits per heavy atom. The van der Waals surface area contributed by atoms with Crippen LogP contribution in [0.1, 0.15) is 37.2 Å². The second-order valence-electron chi connectivity index (χ2n) is 7.37. The summed E-state index contributed by atoms with van der Waals surface area (Å²) < 4.78 is 7.73. The Bertz CT molecular complexity index is 557. The maximum absolute atomic E-state index is 12.7. The van der Waals surface area contributed by atoms with Crippen molar-refractivity contribution >= 4 is 5.91 Å². The molecule has 128 valence electrons. The Labute approximate surface area is 138 Å². The van der Waals surface area contributed by atoms with Crippen LogP contribution in [0.25, 0.3) is 0 Å². The summed E-state index contributed by atoms with van der Waals surface area (Å²) in [5.41, 5.74) is 0.600. The molecule has 1 amide bonds. The molecule has 6 nitrogen and oxygen atoms in total. The van der Waals surface area contributed by atoms with E-state index < -0.39 is 0 Å². The Hall–Kier alpha value is -1.40. The van der Waals surface area contributed by atoms with Crippen LogP contribution in [0.5, 0.6) is 0 Å². The summed E-state index contributed by atoms with van der Waals surface area (Å²) in [6, 6.07) is 0.510. The lowest BCUT2D eigenvalue weighted by atomic mass is 9.79. The average molecular weight is 320 g/mol. The van der Waals surface area contributed by atoms with E-state index in [1.165, 1.54) is 0 Å². The number of hydrogen-bond acceptors (Lipinski definition) is 4. The van der Waals surface area contributed by atoms with E-state index in [9.17, 15) is 4.79 Å². The van der Waals surface area contributed by atoms with Crippen molar-refractivity contribution in [1.82, 2.24) is 19.4 Å². The Morgan fingerprint density at radius 3 is 2.87 bits per heavy atom. The van der Waals surface area contributed by atoms with E-state index in [2.05, 4.69) is 23.7 Å². The molecule has 1 spiro atoms. The fraction of sp³-hybridized carbons (Fsp3) is 0.765. The van der Waals surface area contributed by atoms with Crippen LogP contribution in [0, 0.1) is 5.41 Å². The minimum atomic E-state index is 0.0463. The van der Waals surface area contributed by atoms with Gasteiger partial charge >= 0.3 is 0 Å². The van der Waals surface area contributed by atoms with Gasteiger partial charge in [-0.05, 0) is 26.7 Å². The molecule has 0 bridgehead atoms. The fourth-order valence-electron chi connectivity index (χ4n) is 3.78. The summed E-state index contributed by atoms with van der Waals surface area (Å²) in [5, 5.41) is 0. The van der Waals surface area contributed by atoms with E-state index in [0.717, 1.165) is 52.2 Å². The topological polar surface area (TPSA) is 50.6 Å². The van der Waals surface area contributed by atoms with Crippen molar-refractivity contribution in [1.29, 1.82) is 0 Å². The molecule has 23 heavy (non-hydrogen) atoms. The van der Waals surface area contributed by atoms with E-state index >= 15 is 0 Å². The molecule has 6 heteroatoms. The van der Waals surface area contributed by atoms with Gasteiger partial charge < -0.3 is 14.2 Å². The predicted molar refractivity (Wildman–Crippen MR) is 88.3 cm³/mol. The van der Waals surface area contributed by atoms with Crippen LogP contribution in [0.3, 0.4) is 0 Å². The third-order valence-corrected chi connectivity index (χ3v) is 5.07. The molecule has 3 rings (SSSR count). The largest absolute Gasteiger partial charge is 0.379 e. The number of carbonyl (C=O) groups excluding carboxylic acids is 1. The highest BCUT2D eigenvalue weighted by Crippen LogP contribution is 2.34. The lowest BCUT2D eigenvalue weighted by Crippen LogP contribution is -2.53. The van der Waals surface area contributed by atoms with E-state index in [4.69, 9.17) is 4.74 Å². The molecule has 0 radical (unpaired) electrons. The van der Waals surface area contributed by atoms with Crippen molar-refractivity contribution in [3.8, 4) is 0 Å². The average Bonchev–Trinajstić information content (AvgIpc) is 2.85. The molecule has 1 aromatic heterocycles. The van der Waals surface area contributed by atoms with Gasteiger partial charge in [-0.2, -0.15) is 0 Å². The van der Waals surface area contributed by atoms with E-state index in [0.29, 0.717) is 11.7 Å². The third-order valence-electron chi connectivity index (χ3n) is 5.07. The van der Waals surface area contributed by atoms with Crippen molar-refractivity contribution in [2.45, 2.75) is 32.7 Å². The number of imidazole rings is 1. The number of hydrogen-bond donors (Lipinski definition) is 0. The summed E-state index contributed by atoms with van der Waals surface area (Å²) >= 11 is 0. The van der Waals surface area contributed by atoms with Gasteiger partial charge in [0.05, 0.1) is 19.5 Å². The summed E-state index contributed by atoms with van der Waals surface area (Å²) in [4.78, 5) is 21.4. The molecule has 0 aromatic carbocycles. The smallest absolute Gasteiger partial charge is 0.274 e. The number of aromatic nitrogens is 2. The lowest BCUT2D eigenvalue weighted by Gasteiger charge is -2.44. The standard InChI is InChI=1S/C17H28N4O2/c1-14(2)20-7-8-23-12-17(10-20)5-4-6-21(11-17)16(22)15-9-19(3)13-18-15/h9,13-14H,4-8,10-12H2,1-3H3. The minimum Gasteiger partial charge on any atom is -0.379 e. The maximum Gasteiger partial charge on any atom is 0.274 e. The van der Waals surface area contributed by atoms with Crippen LogP contribution in [-0.4, -0.2) is 70.7 Å². The van der Waals surface area contributed by atoms with Crippen LogP contribution < -0.4 is 0 Å². The summed E-state index contributed by atoms with van der Waals surface area (Å²) in [7, 11) is 1.89. The highest BCUT2D eigenvalue weighted by atomic mass is 16.5. The van der Waals surface area contributed by atoms with Crippen LogP contribution in [0.2, 0.25) is 0 Å². The number of piperidine rings is 1. The first kappa shape index (κ1) is 16.5. The summed E-state index contributed by atoms with van der Waals surface area (Å²) in [6.45, 7) is 9.59. The van der Waals surface area contributed by atoms with Gasteiger partial charge in [-0.15, -0.1) is 0 Å². The second-order valence-corrected chi connectivity index (χ2v) is 7.37. The molecular weight excluding hydrogens is 292 g/mol. The van der Waals surface area contributed by atoms with Crippen LogP contribution in [-0.2, 0) is 11.8 Å². The number of carbonyl (C=O) groups is 1. The van der Waals surface area contributed by atoms with Crippen molar-refractivity contribution in [3.05, 3.63) is 18.2 Å². The first-order valence-electron chi connectivity index (χ1n) is 8.58. The lowest BCUT2D eigenvalue weighted by molar-refractivity contribution is 0.00551. The van der Waals surface area contributed by atoms with Crippen LogP contribution in [0.15, 0.2) is 12.5 Å². The van der Waals surface area contributed by atoms with Gasteiger partial charge in [0.15, 0.2) is 0 Å². The number of amides is 1. The highest BCUT2D eigenvalue weighted by molar-refractivity contribution is 5.92. The quantitative estimate of drug-likeness (QED) is 0.826. The van der Waals surface area contributed by atoms with E-state index in [-0.39, 0.29) is 11.3 Å². The third kappa shape index (κ3) is 3.58. The van der Waals surface area contributed by atoms with Crippen molar-refractivity contribution in [3.63, 3.8) is 0 Å². The zero-order valence-electron chi connectivity index (χ0n) is 14.5. The van der Waals surface area contributed by atoms with Crippen molar-refractivity contribution < 1.29 is 9.53 Å². The van der Waals surface area contributed by atoms with Crippen LogP contribution >= 0.6 is 0 Å². The van der Waals surface area contributed by atoms with Gasteiger partial charge in [0.2, 0.25) is 0 Å². The molecule has 0 N–H and O–H groups in total. The summed E-state index contributed by atoms with van der Waals surface area (Å²) in [6.07, 6.45) is 5.64. The molecule has 0 aliphatic carbocycles. The Kier molecular flexibility index (Phi) is 4.73. The molecule has 1 atom stereocenters. The van der Waals surface area contributed by atoms with Gasteiger partial charge in [0, 0.05) is 50.9 Å². The zero-order chi connectivity index (χ0) is 16.4. The number of likely N-dealkylation sites (tertiary alicyclic amines) is 1. The number of aryl methyl sites for hydroxylation is 1. The Morgan fingerprint density at radius 2 is 2.17 bits per heavy atom. The van der Waals surface area contributed by atoms with Gasteiger partial charge in [-0.1, -0.05) is 0 Å². The van der Waals surface area contributed by atoms with Gasteiger partial charge in [-0.25, -0.2) is 4.98 Å². The maximum atomic E-state index is 12.7. The van der Waals surface area contributed by atoms with Crippen LogP contribution in [0.4, 0.5) is 0 Å². The predicted octanol–water partition coefficient (Wildman–Crippen LogP) is 1.38. The van der Waals surface area contributed by atoms with Gasteiger partial charge in [0.1, 0.15) is 5.69 Å². The summed E-state index contributed by atoms with van der Waals surface area (Å²) in [5.74, 6) is 0.0463. The molecular formula is C17H28N4O2. The first-order valence-corrected chi connectivity index (χ1v) is 8.58. The van der Waals surface area contributed by atoms with E-state index in [1.807, 2.05) is 16.5 Å². The second kappa shape index (κ2) is 6.61. The molecule has 2 fully saturated rings. The first-order chi connectivity index (χ1) is 11.0. The van der Waals surface area contributed by atoms with Crippen molar-refractivity contribution in [2.75, 3.05) is 39.4 Å². The minimum absolute atomic E-state index is 0.0463.